The first kappa shape index (κ1) is 19.1. The fraction of sp³-hybridized carbons (Fsp3) is 0.467. The molecule has 1 rings (SSSR count). The predicted molar refractivity (Wildman–Crippen MR) is 88.5 cm³/mol. The molecule has 0 saturated heterocycles. The Balaban J connectivity index is 2.49. The zero-order valence-electron chi connectivity index (χ0n) is 13.4. The van der Waals surface area contributed by atoms with E-state index in [2.05, 4.69) is 15.4 Å². The van der Waals surface area contributed by atoms with Gasteiger partial charge in [0.25, 0.3) is 0 Å². The largest absolute Gasteiger partial charge is 0.356 e. The molecule has 2 amide bonds. The molecule has 1 aromatic rings. The van der Waals surface area contributed by atoms with E-state index in [1.54, 1.807) is 0 Å². The van der Waals surface area contributed by atoms with Crippen molar-refractivity contribution in [3.63, 3.8) is 0 Å². The molecule has 7 nitrogen and oxygen atoms in total. The summed E-state index contributed by atoms with van der Waals surface area (Å²) >= 11 is 0. The Bertz CT molecular complexity index is 627. The molecule has 0 spiro atoms. The minimum Gasteiger partial charge on any atom is -0.356 e. The lowest BCUT2D eigenvalue weighted by Crippen LogP contribution is -2.31. The summed E-state index contributed by atoms with van der Waals surface area (Å²) in [4.78, 5) is 22.5. The molecule has 0 radical (unpaired) electrons. The van der Waals surface area contributed by atoms with Crippen LogP contribution in [0.25, 0.3) is 0 Å². The average Bonchev–Trinajstić information content (AvgIpc) is 2.47. The number of sulfonamides is 1. The van der Waals surface area contributed by atoms with Gasteiger partial charge in [-0.1, -0.05) is 13.3 Å². The Morgan fingerprint density at radius 2 is 1.74 bits per heavy atom. The number of carbonyl (C=O) groups is 2. The minimum atomic E-state index is -3.67. The first-order chi connectivity index (χ1) is 10.8. The molecule has 0 unspecified atom stereocenters. The van der Waals surface area contributed by atoms with E-state index in [9.17, 15) is 18.0 Å². The lowest BCUT2D eigenvalue weighted by Gasteiger charge is -2.08. The van der Waals surface area contributed by atoms with Crippen LogP contribution in [-0.4, -0.2) is 33.3 Å². The number of nitrogens with one attached hydrogen (secondary N) is 3. The van der Waals surface area contributed by atoms with E-state index in [1.807, 2.05) is 6.92 Å². The topological polar surface area (TPSA) is 104 Å². The van der Waals surface area contributed by atoms with Crippen molar-refractivity contribution in [2.45, 2.75) is 38.0 Å². The molecule has 128 valence electrons. The highest BCUT2D eigenvalue weighted by Crippen LogP contribution is 2.13. The summed E-state index contributed by atoms with van der Waals surface area (Å²) in [6.07, 6.45) is 1.98. The van der Waals surface area contributed by atoms with E-state index < -0.39 is 10.0 Å². The van der Waals surface area contributed by atoms with Gasteiger partial charge in [0, 0.05) is 32.1 Å². The third-order valence-electron chi connectivity index (χ3n) is 2.98. The molecule has 0 atom stereocenters. The molecule has 8 heteroatoms. The maximum atomic E-state index is 12.1. The second-order valence-electron chi connectivity index (χ2n) is 5.06. The summed E-state index contributed by atoms with van der Waals surface area (Å²) in [6.45, 7) is 4.04. The van der Waals surface area contributed by atoms with Crippen molar-refractivity contribution in [2.24, 2.45) is 0 Å². The third-order valence-corrected chi connectivity index (χ3v) is 4.46. The van der Waals surface area contributed by atoms with Gasteiger partial charge in [-0.15, -0.1) is 0 Å². The van der Waals surface area contributed by atoms with Gasteiger partial charge >= 0.3 is 0 Å². The van der Waals surface area contributed by atoms with Gasteiger partial charge in [-0.05, 0) is 30.7 Å². The van der Waals surface area contributed by atoms with Crippen molar-refractivity contribution in [3.8, 4) is 0 Å². The first-order valence-electron chi connectivity index (χ1n) is 7.49. The van der Waals surface area contributed by atoms with Crippen molar-refractivity contribution in [3.05, 3.63) is 24.3 Å². The summed E-state index contributed by atoms with van der Waals surface area (Å²) in [5, 5.41) is 5.28. The lowest BCUT2D eigenvalue weighted by molar-refractivity contribution is -0.121. The molecule has 23 heavy (non-hydrogen) atoms. The Morgan fingerprint density at radius 3 is 2.30 bits per heavy atom. The van der Waals surface area contributed by atoms with Crippen LogP contribution in [0.1, 0.15) is 33.1 Å². The summed E-state index contributed by atoms with van der Waals surface area (Å²) in [5.41, 5.74) is 0.520. The second-order valence-corrected chi connectivity index (χ2v) is 6.82. The number of rotatable bonds is 9. The van der Waals surface area contributed by atoms with Crippen molar-refractivity contribution in [1.29, 1.82) is 0 Å². The van der Waals surface area contributed by atoms with Crippen LogP contribution in [0.3, 0.4) is 0 Å². The van der Waals surface area contributed by atoms with Crippen LogP contribution in [-0.2, 0) is 19.6 Å². The molecule has 0 aliphatic carbocycles. The van der Waals surface area contributed by atoms with Gasteiger partial charge in [0.15, 0.2) is 0 Å². The molecule has 0 aliphatic rings. The van der Waals surface area contributed by atoms with Gasteiger partial charge in [-0.25, -0.2) is 13.1 Å². The molecular formula is C15H23N3O4S. The van der Waals surface area contributed by atoms with Crippen LogP contribution in [0.5, 0.6) is 0 Å². The summed E-state index contributed by atoms with van der Waals surface area (Å²) in [6, 6.07) is 5.81. The van der Waals surface area contributed by atoms with Crippen molar-refractivity contribution >= 4 is 27.5 Å². The summed E-state index contributed by atoms with van der Waals surface area (Å²) < 4.78 is 26.5. The molecule has 0 aliphatic heterocycles. The van der Waals surface area contributed by atoms with Gasteiger partial charge in [0.2, 0.25) is 21.8 Å². The monoisotopic (exact) mass is 341 g/mol. The maximum Gasteiger partial charge on any atom is 0.240 e. The van der Waals surface area contributed by atoms with Crippen LogP contribution < -0.4 is 15.4 Å². The van der Waals surface area contributed by atoms with E-state index in [0.717, 1.165) is 12.8 Å². The van der Waals surface area contributed by atoms with Crippen LogP contribution in [0, 0.1) is 0 Å². The first-order valence-corrected chi connectivity index (χ1v) is 8.97. The molecule has 0 saturated carbocycles. The van der Waals surface area contributed by atoms with E-state index >= 15 is 0 Å². The molecule has 0 fully saturated rings. The van der Waals surface area contributed by atoms with Gasteiger partial charge in [-0.2, -0.15) is 0 Å². The van der Waals surface area contributed by atoms with Crippen molar-refractivity contribution < 1.29 is 18.0 Å². The molecule has 0 bridgehead atoms. The summed E-state index contributed by atoms with van der Waals surface area (Å²) in [7, 11) is -3.67. The molecule has 0 aromatic heterocycles. The van der Waals surface area contributed by atoms with Crippen LogP contribution in [0.15, 0.2) is 29.2 Å². The van der Waals surface area contributed by atoms with Crippen molar-refractivity contribution in [2.75, 3.05) is 18.4 Å². The quantitative estimate of drug-likeness (QED) is 0.588. The second kappa shape index (κ2) is 9.26. The number of anilines is 1. The minimum absolute atomic E-state index is 0.0355. The average molecular weight is 341 g/mol. The Kier molecular flexibility index (Phi) is 7.70. The maximum absolute atomic E-state index is 12.1. The van der Waals surface area contributed by atoms with Gasteiger partial charge in [0.05, 0.1) is 4.90 Å². The van der Waals surface area contributed by atoms with Crippen LogP contribution >= 0.6 is 0 Å². The number of hydrogen-bond donors (Lipinski definition) is 3. The normalized spacial score (nSPS) is 11.0. The van der Waals surface area contributed by atoms with Gasteiger partial charge in [-0.3, -0.25) is 9.59 Å². The smallest absolute Gasteiger partial charge is 0.240 e. The fourth-order valence-corrected chi connectivity index (χ4v) is 2.83. The zero-order valence-corrected chi connectivity index (χ0v) is 14.2. The van der Waals surface area contributed by atoms with E-state index in [1.165, 1.54) is 31.2 Å². The Morgan fingerprint density at radius 1 is 1.09 bits per heavy atom. The third kappa shape index (κ3) is 7.25. The highest BCUT2D eigenvalue weighted by molar-refractivity contribution is 7.89. The Labute approximate surface area is 136 Å². The van der Waals surface area contributed by atoms with E-state index in [4.69, 9.17) is 0 Å². The number of amides is 2. The fourth-order valence-electron chi connectivity index (χ4n) is 1.80. The number of carbonyl (C=O) groups excluding carboxylic acids is 2. The standard InChI is InChI=1S/C15H23N3O4S/c1-3-4-10-16-15(20)9-11-17-23(21,22)14-7-5-13(6-8-14)18-12(2)19/h5-8,17H,3-4,9-11H2,1-2H3,(H,16,20)(H,18,19). The SMILES string of the molecule is CCCCNC(=O)CCNS(=O)(=O)c1ccc(NC(C)=O)cc1. The van der Waals surface area contributed by atoms with Crippen molar-refractivity contribution in [1.82, 2.24) is 10.0 Å². The van der Waals surface area contributed by atoms with Gasteiger partial charge in [0.1, 0.15) is 0 Å². The van der Waals surface area contributed by atoms with E-state index in [-0.39, 0.29) is 29.7 Å². The van der Waals surface area contributed by atoms with Crippen LogP contribution in [0.4, 0.5) is 5.69 Å². The number of hydrogen-bond acceptors (Lipinski definition) is 4. The molecule has 1 aromatic carbocycles. The van der Waals surface area contributed by atoms with E-state index in [0.29, 0.717) is 12.2 Å². The molecule has 0 heterocycles. The molecular weight excluding hydrogens is 318 g/mol. The Hall–Kier alpha value is -1.93. The van der Waals surface area contributed by atoms with Crippen LogP contribution in [0.2, 0.25) is 0 Å². The molecule has 3 N–H and O–H groups in total. The lowest BCUT2D eigenvalue weighted by atomic mass is 10.3. The highest BCUT2D eigenvalue weighted by atomic mass is 32.2. The number of benzene rings is 1. The summed E-state index contributed by atoms with van der Waals surface area (Å²) in [5.74, 6) is -0.407. The predicted octanol–water partition coefficient (Wildman–Crippen LogP) is 1.23. The highest BCUT2D eigenvalue weighted by Gasteiger charge is 2.14. The zero-order chi connectivity index (χ0) is 17.3. The number of unbranched alkanes of at least 4 members (excludes halogenated alkanes) is 1. The van der Waals surface area contributed by atoms with Gasteiger partial charge < -0.3 is 10.6 Å².